The Labute approximate surface area is 130 Å². The highest BCUT2D eigenvalue weighted by Gasteiger charge is 2.14. The number of sulfonamides is 1. The number of esters is 1. The summed E-state index contributed by atoms with van der Waals surface area (Å²) in [6, 6.07) is 5.61. The molecule has 0 saturated heterocycles. The third kappa shape index (κ3) is 5.09. The Bertz CT molecular complexity index is 662. The lowest BCUT2D eigenvalue weighted by atomic mass is 10.1. The second-order valence-electron chi connectivity index (χ2n) is 4.62. The average molecular weight is 325 g/mol. The highest BCUT2D eigenvalue weighted by molar-refractivity contribution is 7.89. The maximum absolute atomic E-state index is 11.9. The predicted molar refractivity (Wildman–Crippen MR) is 82.0 cm³/mol. The van der Waals surface area contributed by atoms with E-state index < -0.39 is 16.0 Å². The summed E-state index contributed by atoms with van der Waals surface area (Å²) in [5, 5.41) is 0. The van der Waals surface area contributed by atoms with Crippen molar-refractivity contribution in [3.05, 3.63) is 42.0 Å². The lowest BCUT2D eigenvalue weighted by Crippen LogP contribution is -2.23. The molecule has 0 bridgehead atoms. The monoisotopic (exact) mass is 325 g/mol. The minimum Gasteiger partial charge on any atom is -0.462 e. The van der Waals surface area contributed by atoms with Crippen molar-refractivity contribution in [2.24, 2.45) is 0 Å². The lowest BCUT2D eigenvalue weighted by Gasteiger charge is -2.06. The normalized spacial score (nSPS) is 11.0. The van der Waals surface area contributed by atoms with Gasteiger partial charge in [-0.15, -0.1) is 0 Å². The summed E-state index contributed by atoms with van der Waals surface area (Å²) in [6.07, 6.45) is 0.0261. The summed E-state index contributed by atoms with van der Waals surface area (Å²) < 4.78 is 30.7. The van der Waals surface area contributed by atoms with Gasteiger partial charge in [-0.1, -0.05) is 25.6 Å². The van der Waals surface area contributed by atoms with Crippen molar-refractivity contribution >= 4 is 21.8 Å². The fourth-order valence-corrected chi connectivity index (χ4v) is 2.64. The van der Waals surface area contributed by atoms with Crippen LogP contribution in [0.15, 0.2) is 41.3 Å². The van der Waals surface area contributed by atoms with E-state index in [1.807, 2.05) is 0 Å². The first-order valence-electron chi connectivity index (χ1n) is 6.73. The van der Waals surface area contributed by atoms with Crippen LogP contribution >= 0.6 is 0 Å². The molecule has 0 saturated carbocycles. The van der Waals surface area contributed by atoms with Gasteiger partial charge in [-0.3, -0.25) is 4.79 Å². The number of carbonyl (C=O) groups excluding carboxylic acids is 2. The zero-order chi connectivity index (χ0) is 16.8. The largest absolute Gasteiger partial charge is 0.462 e. The molecule has 0 radical (unpaired) electrons. The molecule has 0 aliphatic rings. The van der Waals surface area contributed by atoms with Crippen LogP contribution in [0.5, 0.6) is 0 Å². The first kappa shape index (κ1) is 18.1. The Balaban J connectivity index is 2.65. The zero-order valence-electron chi connectivity index (χ0n) is 12.6. The SMILES string of the molecule is C=C(C)C(=O)OCCC(=O)c1ccc(S(=O)(=O)NCC)cc1. The van der Waals surface area contributed by atoms with Crippen molar-refractivity contribution in [1.82, 2.24) is 4.72 Å². The van der Waals surface area contributed by atoms with Crippen molar-refractivity contribution in [2.75, 3.05) is 13.2 Å². The molecule has 1 rings (SSSR count). The molecule has 22 heavy (non-hydrogen) atoms. The quantitative estimate of drug-likeness (QED) is 0.446. The fourth-order valence-electron chi connectivity index (χ4n) is 1.60. The number of ketones is 1. The minimum absolute atomic E-state index is 0.0261. The van der Waals surface area contributed by atoms with Crippen molar-refractivity contribution in [2.45, 2.75) is 25.2 Å². The van der Waals surface area contributed by atoms with Crippen LogP contribution in [0, 0.1) is 0 Å². The summed E-state index contributed by atoms with van der Waals surface area (Å²) >= 11 is 0. The maximum atomic E-state index is 11.9. The molecule has 0 unspecified atom stereocenters. The molecule has 120 valence electrons. The van der Waals surface area contributed by atoms with Crippen LogP contribution in [-0.4, -0.2) is 33.3 Å². The lowest BCUT2D eigenvalue weighted by molar-refractivity contribution is -0.138. The molecule has 0 amide bonds. The van der Waals surface area contributed by atoms with Crippen molar-refractivity contribution in [3.8, 4) is 0 Å². The number of ether oxygens (including phenoxy) is 1. The Morgan fingerprint density at radius 1 is 1.23 bits per heavy atom. The van der Waals surface area contributed by atoms with Gasteiger partial charge in [0.25, 0.3) is 0 Å². The molecule has 0 heterocycles. The molecule has 0 aliphatic carbocycles. The summed E-state index contributed by atoms with van der Waals surface area (Å²) in [6.45, 7) is 6.89. The van der Waals surface area contributed by atoms with Crippen molar-refractivity contribution in [1.29, 1.82) is 0 Å². The Morgan fingerprint density at radius 2 is 1.82 bits per heavy atom. The number of hydrogen-bond donors (Lipinski definition) is 1. The highest BCUT2D eigenvalue weighted by atomic mass is 32.2. The molecular weight excluding hydrogens is 306 g/mol. The molecule has 1 aromatic rings. The number of nitrogens with one attached hydrogen (secondary N) is 1. The van der Waals surface area contributed by atoms with Gasteiger partial charge in [0.15, 0.2) is 5.78 Å². The third-order valence-corrected chi connectivity index (χ3v) is 4.29. The van der Waals surface area contributed by atoms with E-state index in [9.17, 15) is 18.0 Å². The first-order chi connectivity index (χ1) is 10.3. The van der Waals surface area contributed by atoms with E-state index in [2.05, 4.69) is 11.3 Å². The number of benzene rings is 1. The fraction of sp³-hybridized carbons (Fsp3) is 0.333. The van der Waals surface area contributed by atoms with Crippen molar-refractivity contribution in [3.63, 3.8) is 0 Å². The number of carbonyl (C=O) groups is 2. The summed E-state index contributed by atoms with van der Waals surface area (Å²) in [5.41, 5.74) is 0.632. The van der Waals surface area contributed by atoms with Gasteiger partial charge >= 0.3 is 5.97 Å². The van der Waals surface area contributed by atoms with Crippen LogP contribution < -0.4 is 4.72 Å². The standard InChI is InChI=1S/C15H19NO5S/c1-4-16-22(19,20)13-7-5-12(6-8-13)14(17)9-10-21-15(18)11(2)3/h5-8,16H,2,4,9-10H2,1,3H3. The summed E-state index contributed by atoms with van der Waals surface area (Å²) in [7, 11) is -3.53. The smallest absolute Gasteiger partial charge is 0.333 e. The molecule has 0 atom stereocenters. The number of hydrogen-bond acceptors (Lipinski definition) is 5. The van der Waals surface area contributed by atoms with Crippen molar-refractivity contribution < 1.29 is 22.7 Å². The molecule has 0 spiro atoms. The Hall–Kier alpha value is -1.99. The van der Waals surface area contributed by atoms with E-state index in [-0.39, 0.29) is 35.8 Å². The Morgan fingerprint density at radius 3 is 2.32 bits per heavy atom. The molecule has 7 heteroatoms. The van der Waals surface area contributed by atoms with Gasteiger partial charge in [-0.2, -0.15) is 0 Å². The summed E-state index contributed by atoms with van der Waals surface area (Å²) in [5.74, 6) is -0.776. The maximum Gasteiger partial charge on any atom is 0.333 e. The minimum atomic E-state index is -3.53. The van der Waals surface area contributed by atoms with Gasteiger partial charge in [-0.05, 0) is 19.1 Å². The number of rotatable bonds is 8. The van der Waals surface area contributed by atoms with Crippen LogP contribution in [0.3, 0.4) is 0 Å². The molecule has 6 nitrogen and oxygen atoms in total. The van der Waals surface area contributed by atoms with E-state index in [1.165, 1.54) is 31.2 Å². The van der Waals surface area contributed by atoms with E-state index >= 15 is 0 Å². The zero-order valence-corrected chi connectivity index (χ0v) is 13.4. The van der Waals surface area contributed by atoms with E-state index in [0.717, 1.165) is 0 Å². The van der Waals surface area contributed by atoms with Gasteiger partial charge in [0.2, 0.25) is 10.0 Å². The molecule has 1 aromatic carbocycles. The van der Waals surface area contributed by atoms with Crippen LogP contribution in [-0.2, 0) is 19.6 Å². The van der Waals surface area contributed by atoms with E-state index in [0.29, 0.717) is 5.56 Å². The highest BCUT2D eigenvalue weighted by Crippen LogP contribution is 2.12. The second kappa shape index (κ2) is 7.86. The Kier molecular flexibility index (Phi) is 6.45. The second-order valence-corrected chi connectivity index (χ2v) is 6.38. The van der Waals surface area contributed by atoms with Gasteiger partial charge in [-0.25, -0.2) is 17.9 Å². The molecular formula is C15H19NO5S. The van der Waals surface area contributed by atoms with Crippen LogP contribution in [0.2, 0.25) is 0 Å². The average Bonchev–Trinajstić information content (AvgIpc) is 2.47. The topological polar surface area (TPSA) is 89.5 Å². The van der Waals surface area contributed by atoms with Crippen LogP contribution in [0.4, 0.5) is 0 Å². The number of Topliss-reactive ketones (excluding diaryl/α,β-unsaturated/α-hetero) is 1. The third-order valence-electron chi connectivity index (χ3n) is 2.73. The van der Waals surface area contributed by atoms with Crippen LogP contribution in [0.25, 0.3) is 0 Å². The van der Waals surface area contributed by atoms with Gasteiger partial charge in [0.1, 0.15) is 0 Å². The molecule has 0 aliphatic heterocycles. The van der Waals surface area contributed by atoms with Gasteiger partial charge in [0.05, 0.1) is 11.5 Å². The summed E-state index contributed by atoms with van der Waals surface area (Å²) in [4.78, 5) is 23.2. The molecule has 1 N–H and O–H groups in total. The molecule has 0 fully saturated rings. The predicted octanol–water partition coefficient (Wildman–Crippen LogP) is 1.68. The molecule has 0 aromatic heterocycles. The first-order valence-corrected chi connectivity index (χ1v) is 8.21. The van der Waals surface area contributed by atoms with Gasteiger partial charge < -0.3 is 4.74 Å². The van der Waals surface area contributed by atoms with Crippen LogP contribution in [0.1, 0.15) is 30.6 Å². The van der Waals surface area contributed by atoms with E-state index in [4.69, 9.17) is 4.74 Å². The van der Waals surface area contributed by atoms with E-state index in [1.54, 1.807) is 6.92 Å². The van der Waals surface area contributed by atoms with Gasteiger partial charge in [0, 0.05) is 24.1 Å².